The van der Waals surface area contributed by atoms with Crippen molar-refractivity contribution in [2.75, 3.05) is 14.2 Å². The smallest absolute Gasteiger partial charge is 0.124 e. The molecule has 15 heavy (non-hydrogen) atoms. The second-order valence-corrected chi connectivity index (χ2v) is 3.20. The first kappa shape index (κ1) is 11.6. The van der Waals surface area contributed by atoms with Crippen LogP contribution in [-0.2, 0) is 4.74 Å². The van der Waals surface area contributed by atoms with Crippen molar-refractivity contribution in [3.63, 3.8) is 0 Å². The van der Waals surface area contributed by atoms with Gasteiger partial charge in [0.25, 0.3) is 0 Å². The van der Waals surface area contributed by atoms with Gasteiger partial charge in [-0.25, -0.2) is 0 Å². The molecule has 0 fully saturated rings. The van der Waals surface area contributed by atoms with Crippen LogP contribution in [0.15, 0.2) is 36.6 Å². The minimum Gasteiger partial charge on any atom is -0.502 e. The minimum absolute atomic E-state index is 0.372. The fraction of sp³-hybridized carbons (Fsp3) is 0.333. The first-order valence-corrected chi connectivity index (χ1v) is 4.71. The van der Waals surface area contributed by atoms with Crippen molar-refractivity contribution in [2.24, 2.45) is 0 Å². The number of benzene rings is 1. The van der Waals surface area contributed by atoms with Crippen LogP contribution in [0.25, 0.3) is 0 Å². The van der Waals surface area contributed by atoms with Gasteiger partial charge in [0.1, 0.15) is 5.75 Å². The number of hydrogen-bond acceptors (Lipinski definition) is 3. The summed E-state index contributed by atoms with van der Waals surface area (Å²) in [6, 6.07) is 7.36. The van der Waals surface area contributed by atoms with Crippen molar-refractivity contribution in [1.82, 2.24) is 0 Å². The maximum absolute atomic E-state index is 9.91. The van der Waals surface area contributed by atoms with Crippen LogP contribution in [0.4, 0.5) is 0 Å². The zero-order chi connectivity index (χ0) is 11.3. The van der Waals surface area contributed by atoms with Crippen LogP contribution in [0, 0.1) is 0 Å². The molecule has 82 valence electrons. The number of ether oxygens (including phenoxy) is 2. The molecule has 0 radical (unpaired) electrons. The molecular formula is C12H16O3. The Labute approximate surface area is 90.0 Å². The van der Waals surface area contributed by atoms with Gasteiger partial charge in [-0.2, -0.15) is 0 Å². The van der Waals surface area contributed by atoms with Crippen molar-refractivity contribution in [3.05, 3.63) is 42.2 Å². The Morgan fingerprint density at radius 3 is 2.67 bits per heavy atom. The Bertz CT molecular complexity index is 333. The molecule has 1 aromatic rings. The molecule has 1 atom stereocenters. The van der Waals surface area contributed by atoms with Gasteiger partial charge in [-0.15, -0.1) is 0 Å². The summed E-state index contributed by atoms with van der Waals surface area (Å²) in [5, 5.41) is 9.91. The van der Waals surface area contributed by atoms with E-state index >= 15 is 0 Å². The van der Waals surface area contributed by atoms with Gasteiger partial charge < -0.3 is 14.6 Å². The number of methoxy groups -OCH3 is 2. The summed E-state index contributed by atoms with van der Waals surface area (Å²) in [6.45, 7) is 3.67. The third-order valence-corrected chi connectivity index (χ3v) is 2.21. The number of aliphatic hydroxyl groups excluding tert-OH is 1. The zero-order valence-electron chi connectivity index (χ0n) is 9.06. The summed E-state index contributed by atoms with van der Waals surface area (Å²) < 4.78 is 10.1. The lowest BCUT2D eigenvalue weighted by atomic mass is 10.0. The second kappa shape index (κ2) is 5.41. The van der Waals surface area contributed by atoms with Crippen molar-refractivity contribution in [2.45, 2.75) is 12.5 Å². The van der Waals surface area contributed by atoms with Crippen LogP contribution in [0.3, 0.4) is 0 Å². The molecule has 1 N–H and O–H groups in total. The molecule has 0 aliphatic heterocycles. The fourth-order valence-electron chi connectivity index (χ4n) is 1.35. The van der Waals surface area contributed by atoms with Crippen LogP contribution in [-0.4, -0.2) is 19.3 Å². The molecule has 0 bridgehead atoms. The molecule has 0 heterocycles. The molecule has 0 aliphatic carbocycles. The van der Waals surface area contributed by atoms with E-state index in [2.05, 4.69) is 6.58 Å². The van der Waals surface area contributed by atoms with Crippen molar-refractivity contribution in [1.29, 1.82) is 0 Å². The lowest BCUT2D eigenvalue weighted by molar-refractivity contribution is 0.146. The van der Waals surface area contributed by atoms with Crippen molar-refractivity contribution < 1.29 is 14.6 Å². The molecule has 0 aromatic heterocycles. The van der Waals surface area contributed by atoms with Gasteiger partial charge in [-0.05, 0) is 6.07 Å². The van der Waals surface area contributed by atoms with E-state index in [4.69, 9.17) is 9.47 Å². The molecule has 3 heteroatoms. The van der Waals surface area contributed by atoms with Crippen LogP contribution in [0.2, 0.25) is 0 Å². The molecule has 1 rings (SSSR count). The Morgan fingerprint density at radius 2 is 2.07 bits per heavy atom. The molecule has 0 saturated heterocycles. The molecule has 0 spiro atoms. The SMILES string of the molecule is C=C(C[C@H](O)c1ccccc1OC)OC. The quantitative estimate of drug-likeness (QED) is 0.754. The maximum Gasteiger partial charge on any atom is 0.124 e. The Kier molecular flexibility index (Phi) is 4.18. The molecule has 3 nitrogen and oxygen atoms in total. The van der Waals surface area contributed by atoms with Gasteiger partial charge in [-0.3, -0.25) is 0 Å². The number of para-hydroxylation sites is 1. The summed E-state index contributed by atoms with van der Waals surface area (Å²) in [7, 11) is 3.12. The number of hydrogen-bond donors (Lipinski definition) is 1. The van der Waals surface area contributed by atoms with Gasteiger partial charge in [-0.1, -0.05) is 24.8 Å². The van der Waals surface area contributed by atoms with Gasteiger partial charge in [0.05, 0.1) is 26.1 Å². The Balaban J connectivity index is 2.80. The predicted octanol–water partition coefficient (Wildman–Crippen LogP) is 2.28. The van der Waals surface area contributed by atoms with Gasteiger partial charge in [0.15, 0.2) is 0 Å². The normalized spacial score (nSPS) is 11.9. The largest absolute Gasteiger partial charge is 0.502 e. The summed E-state index contributed by atoms with van der Waals surface area (Å²) in [4.78, 5) is 0. The van der Waals surface area contributed by atoms with Gasteiger partial charge in [0, 0.05) is 12.0 Å². The number of rotatable bonds is 5. The first-order valence-electron chi connectivity index (χ1n) is 4.71. The number of aliphatic hydroxyl groups is 1. The first-order chi connectivity index (χ1) is 7.19. The highest BCUT2D eigenvalue weighted by Crippen LogP contribution is 2.28. The minimum atomic E-state index is -0.645. The molecule has 0 saturated carbocycles. The average Bonchev–Trinajstić information content (AvgIpc) is 2.28. The summed E-state index contributed by atoms with van der Waals surface area (Å²) >= 11 is 0. The molecule has 0 amide bonds. The molecule has 1 aromatic carbocycles. The standard InChI is InChI=1S/C12H16O3/c1-9(14-2)8-11(13)10-6-4-5-7-12(10)15-3/h4-7,11,13H,1,8H2,2-3H3/t11-/m0/s1. The molecule has 0 unspecified atom stereocenters. The van der Waals surface area contributed by atoms with Crippen LogP contribution < -0.4 is 4.74 Å². The Morgan fingerprint density at radius 1 is 1.40 bits per heavy atom. The maximum atomic E-state index is 9.91. The van der Waals surface area contributed by atoms with Gasteiger partial charge >= 0.3 is 0 Å². The van der Waals surface area contributed by atoms with Crippen LogP contribution in [0.1, 0.15) is 18.1 Å². The van der Waals surface area contributed by atoms with Crippen LogP contribution in [0.5, 0.6) is 5.75 Å². The fourth-order valence-corrected chi connectivity index (χ4v) is 1.35. The predicted molar refractivity (Wildman–Crippen MR) is 58.7 cm³/mol. The highest BCUT2D eigenvalue weighted by atomic mass is 16.5. The topological polar surface area (TPSA) is 38.7 Å². The van der Waals surface area contributed by atoms with E-state index in [1.807, 2.05) is 24.3 Å². The lowest BCUT2D eigenvalue weighted by Crippen LogP contribution is -2.02. The monoisotopic (exact) mass is 208 g/mol. The third-order valence-electron chi connectivity index (χ3n) is 2.21. The van der Waals surface area contributed by atoms with Crippen molar-refractivity contribution in [3.8, 4) is 5.75 Å². The summed E-state index contributed by atoms with van der Waals surface area (Å²) in [5.74, 6) is 1.22. The van der Waals surface area contributed by atoms with E-state index in [1.54, 1.807) is 7.11 Å². The van der Waals surface area contributed by atoms with Crippen LogP contribution >= 0.6 is 0 Å². The highest BCUT2D eigenvalue weighted by Gasteiger charge is 2.13. The van der Waals surface area contributed by atoms with E-state index in [0.717, 1.165) is 5.56 Å². The summed E-state index contributed by atoms with van der Waals surface area (Å²) in [6.07, 6.45) is -0.273. The van der Waals surface area contributed by atoms with E-state index in [0.29, 0.717) is 17.9 Å². The van der Waals surface area contributed by atoms with Gasteiger partial charge in [0.2, 0.25) is 0 Å². The lowest BCUT2D eigenvalue weighted by Gasteiger charge is -2.15. The molecule has 0 aliphatic rings. The second-order valence-electron chi connectivity index (χ2n) is 3.20. The average molecular weight is 208 g/mol. The van der Waals surface area contributed by atoms with E-state index < -0.39 is 6.10 Å². The highest BCUT2D eigenvalue weighted by molar-refractivity contribution is 5.35. The summed E-state index contributed by atoms with van der Waals surface area (Å²) in [5.41, 5.74) is 0.748. The third kappa shape index (κ3) is 2.99. The zero-order valence-corrected chi connectivity index (χ0v) is 9.06. The van der Waals surface area contributed by atoms with E-state index in [9.17, 15) is 5.11 Å². The molecular weight excluding hydrogens is 192 g/mol. The van der Waals surface area contributed by atoms with Crippen molar-refractivity contribution >= 4 is 0 Å². The van der Waals surface area contributed by atoms with E-state index in [1.165, 1.54) is 7.11 Å². The van der Waals surface area contributed by atoms with E-state index in [-0.39, 0.29) is 0 Å². The Hall–Kier alpha value is -1.48.